The van der Waals surface area contributed by atoms with Crippen molar-refractivity contribution < 1.29 is 22.7 Å². The van der Waals surface area contributed by atoms with Crippen LogP contribution < -0.4 is 4.74 Å². The third kappa shape index (κ3) is 4.06. The van der Waals surface area contributed by atoms with Crippen molar-refractivity contribution in [2.24, 2.45) is 5.92 Å². The van der Waals surface area contributed by atoms with E-state index in [0.717, 1.165) is 0 Å². The van der Waals surface area contributed by atoms with Crippen molar-refractivity contribution in [3.8, 4) is 5.75 Å². The molecular weight excluding hydrogens is 332 g/mol. The molecule has 2 atom stereocenters. The fourth-order valence-corrected chi connectivity index (χ4v) is 3.99. The van der Waals surface area contributed by atoms with Crippen LogP contribution in [0.4, 0.5) is 0 Å². The fourth-order valence-electron chi connectivity index (χ4n) is 3.12. The van der Waals surface area contributed by atoms with Gasteiger partial charge in [0.05, 0.1) is 19.0 Å². The van der Waals surface area contributed by atoms with Crippen LogP contribution in [0.15, 0.2) is 30.3 Å². The average Bonchev–Trinajstić information content (AvgIpc) is 2.84. The molecule has 0 aliphatic carbocycles. The van der Waals surface area contributed by atoms with Crippen molar-refractivity contribution in [1.29, 1.82) is 0 Å². The second-order valence-corrected chi connectivity index (χ2v) is 8.17. The number of rotatable bonds is 4. The molecule has 24 heavy (non-hydrogen) atoms. The number of carbonyl (C=O) groups is 1. The predicted octanol–water partition coefficient (Wildman–Crippen LogP) is 0.184. The zero-order valence-electron chi connectivity index (χ0n) is 13.6. The van der Waals surface area contributed by atoms with Crippen LogP contribution in [0.3, 0.4) is 0 Å². The van der Waals surface area contributed by atoms with Crippen LogP contribution >= 0.6 is 0 Å². The molecule has 7 nitrogen and oxygen atoms in total. The van der Waals surface area contributed by atoms with E-state index in [1.54, 1.807) is 17.0 Å². The molecule has 0 bridgehead atoms. The van der Waals surface area contributed by atoms with Gasteiger partial charge in [0, 0.05) is 32.1 Å². The number of amides is 1. The first-order chi connectivity index (χ1) is 11.4. The molecule has 0 aromatic heterocycles. The predicted molar refractivity (Wildman–Crippen MR) is 88.2 cm³/mol. The summed E-state index contributed by atoms with van der Waals surface area (Å²) in [5.41, 5.74) is 0. The number of fused-ring (bicyclic) bond motifs is 1. The first-order valence-electron chi connectivity index (χ1n) is 7.96. The Balaban J connectivity index is 1.57. The Labute approximate surface area is 142 Å². The maximum atomic E-state index is 12.3. The molecule has 0 N–H and O–H groups in total. The molecule has 1 amide bonds. The summed E-state index contributed by atoms with van der Waals surface area (Å²) in [6.07, 6.45) is 1.09. The second kappa shape index (κ2) is 7.08. The van der Waals surface area contributed by atoms with Crippen LogP contribution in [0.5, 0.6) is 5.75 Å². The van der Waals surface area contributed by atoms with E-state index in [1.165, 1.54) is 10.6 Å². The first kappa shape index (κ1) is 17.2. The molecular formula is C16H22N2O5S. The number of nitrogens with zero attached hydrogens (tertiary/aromatic N) is 2. The number of para-hydroxylation sites is 1. The summed E-state index contributed by atoms with van der Waals surface area (Å²) in [5, 5.41) is 0. The Morgan fingerprint density at radius 2 is 2.00 bits per heavy atom. The fraction of sp³-hybridized carbons (Fsp3) is 0.562. The van der Waals surface area contributed by atoms with Crippen molar-refractivity contribution in [3.63, 3.8) is 0 Å². The molecule has 2 saturated heterocycles. The van der Waals surface area contributed by atoms with Crippen molar-refractivity contribution in [2.75, 3.05) is 45.6 Å². The number of likely N-dealkylation sites (tertiary alicyclic amines) is 1. The first-order valence-corrected chi connectivity index (χ1v) is 9.80. The van der Waals surface area contributed by atoms with E-state index in [9.17, 15) is 13.2 Å². The molecule has 0 unspecified atom stereocenters. The highest BCUT2D eigenvalue weighted by atomic mass is 32.2. The van der Waals surface area contributed by atoms with E-state index in [0.29, 0.717) is 38.5 Å². The average molecular weight is 354 g/mol. The van der Waals surface area contributed by atoms with E-state index in [4.69, 9.17) is 9.47 Å². The van der Waals surface area contributed by atoms with Crippen LogP contribution in [0, 0.1) is 5.92 Å². The lowest BCUT2D eigenvalue weighted by atomic mass is 10.1. The molecule has 2 aliphatic heterocycles. The van der Waals surface area contributed by atoms with Gasteiger partial charge in [0.2, 0.25) is 10.0 Å². The zero-order chi connectivity index (χ0) is 17.2. The summed E-state index contributed by atoms with van der Waals surface area (Å²) < 4.78 is 36.2. The van der Waals surface area contributed by atoms with Gasteiger partial charge in [-0.15, -0.1) is 0 Å². The van der Waals surface area contributed by atoms with Gasteiger partial charge in [-0.1, -0.05) is 18.2 Å². The SMILES string of the molecule is CS(=O)(=O)N1CCO[C@@H]2CN(C(=O)COc3ccccc3)C[C@@H]2C1. The summed E-state index contributed by atoms with van der Waals surface area (Å²) in [5.74, 6) is 0.545. The molecule has 3 rings (SSSR count). The van der Waals surface area contributed by atoms with Crippen LogP contribution in [-0.2, 0) is 19.6 Å². The van der Waals surface area contributed by atoms with Crippen molar-refractivity contribution in [2.45, 2.75) is 6.10 Å². The third-order valence-corrected chi connectivity index (χ3v) is 5.69. The number of carbonyl (C=O) groups excluding carboxylic acids is 1. The van der Waals surface area contributed by atoms with Crippen LogP contribution in [0.2, 0.25) is 0 Å². The monoisotopic (exact) mass is 354 g/mol. The van der Waals surface area contributed by atoms with Crippen molar-refractivity contribution in [1.82, 2.24) is 9.21 Å². The van der Waals surface area contributed by atoms with Gasteiger partial charge in [0.15, 0.2) is 6.61 Å². The number of sulfonamides is 1. The van der Waals surface area contributed by atoms with Crippen molar-refractivity contribution in [3.05, 3.63) is 30.3 Å². The number of hydrogen-bond acceptors (Lipinski definition) is 5. The van der Waals surface area contributed by atoms with Gasteiger partial charge < -0.3 is 14.4 Å². The Kier molecular flexibility index (Phi) is 5.07. The summed E-state index contributed by atoms with van der Waals surface area (Å²) in [4.78, 5) is 14.0. The molecule has 8 heteroatoms. The molecule has 0 saturated carbocycles. The normalized spacial score (nSPS) is 25.1. The van der Waals surface area contributed by atoms with E-state index < -0.39 is 10.0 Å². The lowest BCUT2D eigenvalue weighted by molar-refractivity contribution is -0.132. The third-order valence-electron chi connectivity index (χ3n) is 4.42. The Morgan fingerprint density at radius 1 is 1.25 bits per heavy atom. The maximum absolute atomic E-state index is 12.3. The Bertz CT molecular complexity index is 679. The van der Waals surface area contributed by atoms with Crippen LogP contribution in [0.25, 0.3) is 0 Å². The highest BCUT2D eigenvalue weighted by Gasteiger charge is 2.40. The zero-order valence-corrected chi connectivity index (χ0v) is 14.4. The topological polar surface area (TPSA) is 76.2 Å². The van der Waals surface area contributed by atoms with Gasteiger partial charge in [0.25, 0.3) is 5.91 Å². The van der Waals surface area contributed by atoms with E-state index in [2.05, 4.69) is 0 Å². The summed E-state index contributed by atoms with van der Waals surface area (Å²) in [7, 11) is -3.25. The van der Waals surface area contributed by atoms with E-state index in [1.807, 2.05) is 18.2 Å². The number of hydrogen-bond donors (Lipinski definition) is 0. The van der Waals surface area contributed by atoms with Gasteiger partial charge in [-0.2, -0.15) is 4.31 Å². The Morgan fingerprint density at radius 3 is 2.71 bits per heavy atom. The summed E-state index contributed by atoms with van der Waals surface area (Å²) in [6, 6.07) is 9.18. The lowest BCUT2D eigenvalue weighted by Gasteiger charge is -2.21. The summed E-state index contributed by atoms with van der Waals surface area (Å²) >= 11 is 0. The van der Waals surface area contributed by atoms with Gasteiger partial charge in [-0.05, 0) is 12.1 Å². The van der Waals surface area contributed by atoms with Crippen molar-refractivity contribution >= 4 is 15.9 Å². The quantitative estimate of drug-likeness (QED) is 0.771. The van der Waals surface area contributed by atoms with Gasteiger partial charge in [0.1, 0.15) is 5.75 Å². The van der Waals surface area contributed by atoms with Crippen LogP contribution in [-0.4, -0.2) is 75.3 Å². The van der Waals surface area contributed by atoms with Gasteiger partial charge in [-0.3, -0.25) is 4.79 Å². The highest BCUT2D eigenvalue weighted by molar-refractivity contribution is 7.88. The highest BCUT2D eigenvalue weighted by Crippen LogP contribution is 2.25. The smallest absolute Gasteiger partial charge is 0.260 e. The number of ether oxygens (including phenoxy) is 2. The summed E-state index contributed by atoms with van der Waals surface area (Å²) in [6.45, 7) is 2.08. The minimum atomic E-state index is -3.25. The molecule has 2 aliphatic rings. The molecule has 1 aromatic carbocycles. The molecule has 0 spiro atoms. The molecule has 2 fully saturated rings. The molecule has 0 radical (unpaired) electrons. The lowest BCUT2D eigenvalue weighted by Crippen LogP contribution is -2.38. The van der Waals surface area contributed by atoms with E-state index >= 15 is 0 Å². The minimum absolute atomic E-state index is 0.00269. The second-order valence-electron chi connectivity index (χ2n) is 6.19. The molecule has 1 aromatic rings. The molecule has 2 heterocycles. The largest absolute Gasteiger partial charge is 0.484 e. The van der Waals surface area contributed by atoms with E-state index in [-0.39, 0.29) is 24.5 Å². The standard InChI is InChI=1S/C16H22N2O5S/c1-24(20,21)18-7-8-22-15-11-17(9-13(15)10-18)16(19)12-23-14-5-3-2-4-6-14/h2-6,13,15H,7-12H2,1H3/t13-,15-/m1/s1. The Hall–Kier alpha value is -1.64. The minimum Gasteiger partial charge on any atom is -0.484 e. The molecule has 132 valence electrons. The van der Waals surface area contributed by atoms with Crippen LogP contribution in [0.1, 0.15) is 0 Å². The van der Waals surface area contributed by atoms with Gasteiger partial charge in [-0.25, -0.2) is 8.42 Å². The van der Waals surface area contributed by atoms with Gasteiger partial charge >= 0.3 is 0 Å². The number of benzene rings is 1. The maximum Gasteiger partial charge on any atom is 0.260 e.